The molecule has 0 radical (unpaired) electrons. The number of rotatable bonds is 4. The first-order chi connectivity index (χ1) is 7.86. The van der Waals surface area contributed by atoms with Crippen molar-refractivity contribution in [2.45, 2.75) is 58.0 Å². The minimum Gasteiger partial charge on any atom is -0.308 e. The third-order valence-electron chi connectivity index (χ3n) is 3.62. The van der Waals surface area contributed by atoms with Gasteiger partial charge in [-0.2, -0.15) is 0 Å². The summed E-state index contributed by atoms with van der Waals surface area (Å²) in [6.07, 6.45) is 8.47. The van der Waals surface area contributed by atoms with Crippen molar-refractivity contribution in [2.75, 3.05) is 0 Å². The summed E-state index contributed by atoms with van der Waals surface area (Å²) < 4.78 is 3.88. The highest BCUT2D eigenvalue weighted by atomic mass is 32.1. The fourth-order valence-corrected chi connectivity index (χ4v) is 2.96. The molecule has 0 spiro atoms. The molecule has 1 saturated carbocycles. The molecule has 16 heavy (non-hydrogen) atoms. The van der Waals surface area contributed by atoms with E-state index in [4.69, 9.17) is 0 Å². The molecule has 1 heterocycles. The summed E-state index contributed by atoms with van der Waals surface area (Å²) in [5.74, 6) is 0.856. The zero-order chi connectivity index (χ0) is 11.2. The van der Waals surface area contributed by atoms with Gasteiger partial charge in [0.1, 0.15) is 0 Å². The monoisotopic (exact) mass is 239 g/mol. The summed E-state index contributed by atoms with van der Waals surface area (Å²) in [5.41, 5.74) is 1.07. The lowest BCUT2D eigenvalue weighted by molar-refractivity contribution is 0.335. The lowest BCUT2D eigenvalue weighted by Crippen LogP contribution is -2.33. The first-order valence-electron chi connectivity index (χ1n) is 6.35. The van der Waals surface area contributed by atoms with Crippen LogP contribution >= 0.6 is 11.5 Å². The Morgan fingerprint density at radius 1 is 1.38 bits per heavy atom. The summed E-state index contributed by atoms with van der Waals surface area (Å²) in [6, 6.07) is 0.611. The average Bonchev–Trinajstić information content (AvgIpc) is 2.66. The maximum atomic E-state index is 4.06. The molecule has 1 aliphatic carbocycles. The Bertz CT molecular complexity index is 278. The molecule has 0 amide bonds. The predicted octanol–water partition coefficient (Wildman–Crippen LogP) is 2.99. The predicted molar refractivity (Wildman–Crippen MR) is 67.4 cm³/mol. The molecule has 3 nitrogen and oxygen atoms in total. The van der Waals surface area contributed by atoms with Crippen molar-refractivity contribution < 1.29 is 0 Å². The number of hydrogen-bond donors (Lipinski definition) is 1. The molecule has 2 rings (SSSR count). The summed E-state index contributed by atoms with van der Waals surface area (Å²) in [5, 5.41) is 9.67. The van der Waals surface area contributed by atoms with Gasteiger partial charge in [0.05, 0.1) is 5.69 Å². The molecule has 1 atom stereocenters. The van der Waals surface area contributed by atoms with Crippen LogP contribution in [0.15, 0.2) is 5.38 Å². The van der Waals surface area contributed by atoms with Gasteiger partial charge in [0.2, 0.25) is 0 Å². The average molecular weight is 239 g/mol. The maximum absolute atomic E-state index is 4.06. The van der Waals surface area contributed by atoms with Crippen molar-refractivity contribution in [3.8, 4) is 0 Å². The summed E-state index contributed by atoms with van der Waals surface area (Å²) >= 11 is 1.43. The third kappa shape index (κ3) is 3.52. The van der Waals surface area contributed by atoms with Gasteiger partial charge in [0.25, 0.3) is 0 Å². The summed E-state index contributed by atoms with van der Waals surface area (Å²) in [4.78, 5) is 0. The molecule has 4 heteroatoms. The third-order valence-corrected chi connectivity index (χ3v) is 4.17. The number of nitrogens with one attached hydrogen (secondary N) is 1. The van der Waals surface area contributed by atoms with Gasteiger partial charge in [0.15, 0.2) is 0 Å². The van der Waals surface area contributed by atoms with Gasteiger partial charge in [-0.1, -0.05) is 30.2 Å². The lowest BCUT2D eigenvalue weighted by atomic mass is 9.93. The van der Waals surface area contributed by atoms with Gasteiger partial charge in [-0.15, -0.1) is 5.10 Å². The molecule has 0 bridgehead atoms. The zero-order valence-corrected chi connectivity index (χ0v) is 10.8. The van der Waals surface area contributed by atoms with Crippen LogP contribution in [-0.4, -0.2) is 15.6 Å². The quantitative estimate of drug-likeness (QED) is 0.821. The number of nitrogens with zero attached hydrogens (tertiary/aromatic N) is 2. The van der Waals surface area contributed by atoms with Gasteiger partial charge in [-0.3, -0.25) is 0 Å². The van der Waals surface area contributed by atoms with Crippen molar-refractivity contribution in [3.05, 3.63) is 11.1 Å². The minimum absolute atomic E-state index is 0.611. The molecule has 1 aliphatic rings. The number of aromatic nitrogens is 2. The largest absolute Gasteiger partial charge is 0.308 e. The van der Waals surface area contributed by atoms with Crippen LogP contribution in [0.1, 0.15) is 51.1 Å². The van der Waals surface area contributed by atoms with E-state index in [1.165, 1.54) is 50.1 Å². The van der Waals surface area contributed by atoms with E-state index in [1.54, 1.807) is 0 Å². The van der Waals surface area contributed by atoms with Gasteiger partial charge >= 0.3 is 0 Å². The highest BCUT2D eigenvalue weighted by Crippen LogP contribution is 2.25. The smallest absolute Gasteiger partial charge is 0.0893 e. The van der Waals surface area contributed by atoms with E-state index in [0.717, 1.165) is 18.2 Å². The highest BCUT2D eigenvalue weighted by Gasteiger charge is 2.18. The van der Waals surface area contributed by atoms with Crippen molar-refractivity contribution >= 4 is 11.5 Å². The Labute approximate surface area is 102 Å². The van der Waals surface area contributed by atoms with E-state index in [2.05, 4.69) is 21.8 Å². The second-order valence-electron chi connectivity index (χ2n) is 4.82. The fraction of sp³-hybridized carbons (Fsp3) is 0.833. The Kier molecular flexibility index (Phi) is 4.72. The van der Waals surface area contributed by atoms with Crippen molar-refractivity contribution in [3.63, 3.8) is 0 Å². The molecular formula is C12H21N3S. The maximum Gasteiger partial charge on any atom is 0.0893 e. The van der Waals surface area contributed by atoms with Crippen LogP contribution in [0.2, 0.25) is 0 Å². The molecule has 0 aromatic carbocycles. The molecule has 0 unspecified atom stereocenters. The van der Waals surface area contributed by atoms with Crippen LogP contribution in [-0.2, 0) is 6.54 Å². The van der Waals surface area contributed by atoms with E-state index in [0.29, 0.717) is 6.04 Å². The van der Waals surface area contributed by atoms with Gasteiger partial charge in [0, 0.05) is 18.0 Å². The molecule has 0 saturated heterocycles. The van der Waals surface area contributed by atoms with Crippen molar-refractivity contribution in [1.82, 2.24) is 14.9 Å². The van der Waals surface area contributed by atoms with Crippen molar-refractivity contribution in [2.24, 2.45) is 5.92 Å². The van der Waals surface area contributed by atoms with Crippen LogP contribution in [0.3, 0.4) is 0 Å². The molecule has 1 aromatic rings. The molecular weight excluding hydrogens is 218 g/mol. The SMILES string of the molecule is C[C@@H](NCc1csnn1)C1CCCCCC1. The molecule has 1 aromatic heterocycles. The second kappa shape index (κ2) is 6.30. The van der Waals surface area contributed by atoms with Crippen LogP contribution < -0.4 is 5.32 Å². The van der Waals surface area contributed by atoms with E-state index < -0.39 is 0 Å². The van der Waals surface area contributed by atoms with Crippen LogP contribution in [0.4, 0.5) is 0 Å². The zero-order valence-electron chi connectivity index (χ0n) is 9.98. The first kappa shape index (κ1) is 12.0. The Hall–Kier alpha value is -0.480. The second-order valence-corrected chi connectivity index (χ2v) is 5.43. The van der Waals surface area contributed by atoms with Crippen LogP contribution in [0.25, 0.3) is 0 Å². The van der Waals surface area contributed by atoms with Crippen LogP contribution in [0.5, 0.6) is 0 Å². The normalized spacial score (nSPS) is 20.6. The molecule has 90 valence electrons. The minimum atomic E-state index is 0.611. The summed E-state index contributed by atoms with van der Waals surface area (Å²) in [6.45, 7) is 3.18. The highest BCUT2D eigenvalue weighted by molar-refractivity contribution is 7.03. The summed E-state index contributed by atoms with van der Waals surface area (Å²) in [7, 11) is 0. The Morgan fingerprint density at radius 3 is 2.75 bits per heavy atom. The molecule has 0 aliphatic heterocycles. The first-order valence-corrected chi connectivity index (χ1v) is 7.19. The Morgan fingerprint density at radius 2 is 2.12 bits per heavy atom. The molecule has 1 N–H and O–H groups in total. The van der Waals surface area contributed by atoms with Gasteiger partial charge < -0.3 is 5.32 Å². The lowest BCUT2D eigenvalue weighted by Gasteiger charge is -2.23. The van der Waals surface area contributed by atoms with E-state index >= 15 is 0 Å². The van der Waals surface area contributed by atoms with E-state index in [-0.39, 0.29) is 0 Å². The van der Waals surface area contributed by atoms with E-state index in [1.807, 2.05) is 5.38 Å². The van der Waals surface area contributed by atoms with E-state index in [9.17, 15) is 0 Å². The topological polar surface area (TPSA) is 37.8 Å². The number of hydrogen-bond acceptors (Lipinski definition) is 4. The Balaban J connectivity index is 1.75. The van der Waals surface area contributed by atoms with Crippen molar-refractivity contribution in [1.29, 1.82) is 0 Å². The van der Waals surface area contributed by atoms with Crippen LogP contribution in [0, 0.1) is 5.92 Å². The fourth-order valence-electron chi connectivity index (χ4n) is 2.50. The standard InChI is InChI=1S/C12H21N3S/c1-10(11-6-4-2-3-5-7-11)13-8-12-9-16-15-14-12/h9-11,13H,2-8H2,1H3/t10-/m1/s1. The van der Waals surface area contributed by atoms with Gasteiger partial charge in [-0.05, 0) is 37.2 Å². The molecule has 1 fully saturated rings. The van der Waals surface area contributed by atoms with Gasteiger partial charge in [-0.25, -0.2) is 0 Å².